The van der Waals surface area contributed by atoms with Crippen molar-refractivity contribution >= 4 is 35.3 Å². The summed E-state index contributed by atoms with van der Waals surface area (Å²) < 4.78 is 2.25. The number of nitrogens with zero attached hydrogens (tertiary/aromatic N) is 2. The fourth-order valence-electron chi connectivity index (χ4n) is 6.25. The van der Waals surface area contributed by atoms with E-state index in [4.69, 9.17) is 4.98 Å². The molecule has 0 saturated carbocycles. The lowest BCUT2D eigenvalue weighted by Gasteiger charge is -2.25. The first kappa shape index (κ1) is 23.4. The van der Waals surface area contributed by atoms with Gasteiger partial charge in [-0.25, -0.2) is 4.98 Å². The predicted octanol–water partition coefficient (Wildman–Crippen LogP) is 3.81. The molecule has 0 amide bonds. The molecule has 0 unspecified atom stereocenters. The van der Waals surface area contributed by atoms with Gasteiger partial charge in [-0.2, -0.15) is 0 Å². The van der Waals surface area contributed by atoms with E-state index in [9.17, 15) is 0 Å². The van der Waals surface area contributed by atoms with Crippen LogP contribution < -0.4 is 27.1 Å². The molecule has 1 aliphatic rings. The van der Waals surface area contributed by atoms with E-state index in [2.05, 4.69) is 114 Å². The number of hydrogen-bond donors (Lipinski definition) is 0. The van der Waals surface area contributed by atoms with Crippen LogP contribution in [0, 0.1) is 41.5 Å². The molecule has 0 atom stereocenters. The molecule has 0 aliphatic heterocycles. The second-order valence-electron chi connectivity index (χ2n) is 10.4. The Hall–Kier alpha value is -3.33. The molecule has 3 heteroatoms. The van der Waals surface area contributed by atoms with E-state index in [1.807, 2.05) is 0 Å². The second kappa shape index (κ2) is 9.04. The van der Waals surface area contributed by atoms with Gasteiger partial charge in [0.2, 0.25) is 6.71 Å². The van der Waals surface area contributed by atoms with Crippen LogP contribution in [0.5, 0.6) is 0 Å². The molecule has 0 spiro atoms. The van der Waals surface area contributed by atoms with E-state index in [0.717, 1.165) is 24.0 Å². The highest BCUT2D eigenvalue weighted by atomic mass is 15.0. The van der Waals surface area contributed by atoms with Crippen LogP contribution in [-0.4, -0.2) is 16.3 Å². The Morgan fingerprint density at radius 3 is 1.80 bits per heavy atom. The number of aromatic nitrogens is 2. The van der Waals surface area contributed by atoms with Crippen molar-refractivity contribution < 1.29 is 0 Å². The molecule has 0 saturated heterocycles. The Labute approximate surface area is 210 Å². The smallest absolute Gasteiger partial charge is 0.242 e. The average molecular weight is 458 g/mol. The van der Waals surface area contributed by atoms with Crippen molar-refractivity contribution in [2.45, 2.75) is 54.4 Å². The molecule has 5 rings (SSSR count). The highest BCUT2D eigenvalue weighted by Crippen LogP contribution is 2.16. The molecule has 4 aromatic rings. The Morgan fingerprint density at radius 1 is 0.714 bits per heavy atom. The Kier molecular flexibility index (Phi) is 6.05. The first-order valence-electron chi connectivity index (χ1n) is 12.7. The predicted molar refractivity (Wildman–Crippen MR) is 152 cm³/mol. The SMILES string of the molecule is Cc1cc(C)c(B(c2cccc(-c3nc4c(n3C)=CCCC=4)c2)c2c(C)cc(C)cc2C)c(C)c1. The maximum absolute atomic E-state index is 5.04. The third kappa shape index (κ3) is 4.18. The van der Waals surface area contributed by atoms with Crippen molar-refractivity contribution in [3.63, 3.8) is 0 Å². The van der Waals surface area contributed by atoms with E-state index in [1.165, 1.54) is 60.7 Å². The van der Waals surface area contributed by atoms with Gasteiger partial charge < -0.3 is 4.57 Å². The summed E-state index contributed by atoms with van der Waals surface area (Å²) in [7, 11) is 2.14. The summed E-state index contributed by atoms with van der Waals surface area (Å²) in [5.74, 6) is 1.04. The third-order valence-corrected chi connectivity index (χ3v) is 7.54. The van der Waals surface area contributed by atoms with Gasteiger partial charge in [-0.05, 0) is 54.4 Å². The van der Waals surface area contributed by atoms with E-state index >= 15 is 0 Å². The summed E-state index contributed by atoms with van der Waals surface area (Å²) in [5.41, 5.74) is 13.4. The molecule has 1 aromatic heterocycles. The monoisotopic (exact) mass is 458 g/mol. The van der Waals surface area contributed by atoms with E-state index < -0.39 is 0 Å². The van der Waals surface area contributed by atoms with Gasteiger partial charge in [-0.1, -0.05) is 110 Å². The minimum Gasteiger partial charge on any atom is -0.327 e. The Balaban J connectivity index is 1.77. The molecule has 35 heavy (non-hydrogen) atoms. The fourth-order valence-corrected chi connectivity index (χ4v) is 6.25. The summed E-state index contributed by atoms with van der Waals surface area (Å²) in [6.45, 7) is 13.6. The summed E-state index contributed by atoms with van der Waals surface area (Å²) in [5, 5.41) is 2.36. The van der Waals surface area contributed by atoms with Crippen LogP contribution in [-0.2, 0) is 7.05 Å². The van der Waals surface area contributed by atoms with Crippen LogP contribution in [0.15, 0.2) is 48.5 Å². The lowest BCUT2D eigenvalue weighted by Crippen LogP contribution is -2.55. The number of fused-ring (bicyclic) bond motifs is 1. The molecular weight excluding hydrogens is 423 g/mol. The zero-order chi connectivity index (χ0) is 24.9. The summed E-state index contributed by atoms with van der Waals surface area (Å²) in [6.07, 6.45) is 6.75. The van der Waals surface area contributed by atoms with Gasteiger partial charge in [0.15, 0.2) is 0 Å². The fraction of sp³-hybridized carbons (Fsp3) is 0.281. The van der Waals surface area contributed by atoms with Crippen LogP contribution in [0.1, 0.15) is 46.2 Å². The molecular formula is C32H35BN2. The standard InChI is InChI=1S/C32H35BN2/c1-20-15-22(3)30(23(4)16-20)33(31-24(5)17-21(2)18-25(31)6)27-12-10-11-26(19-27)32-34-28-13-8-9-14-29(28)35(32)7/h10-19H,8-9H2,1-7H3. The first-order chi connectivity index (χ1) is 16.7. The first-order valence-corrected chi connectivity index (χ1v) is 12.7. The normalized spacial score (nSPS) is 12.7. The van der Waals surface area contributed by atoms with E-state index in [1.54, 1.807) is 0 Å². The van der Waals surface area contributed by atoms with Crippen molar-refractivity contribution in [3.05, 3.63) is 92.6 Å². The van der Waals surface area contributed by atoms with Gasteiger partial charge in [0.05, 0.1) is 10.7 Å². The van der Waals surface area contributed by atoms with Crippen LogP contribution in [0.4, 0.5) is 0 Å². The van der Waals surface area contributed by atoms with Crippen molar-refractivity contribution in [2.75, 3.05) is 0 Å². The van der Waals surface area contributed by atoms with Crippen molar-refractivity contribution in [2.24, 2.45) is 7.05 Å². The van der Waals surface area contributed by atoms with Crippen molar-refractivity contribution in [1.82, 2.24) is 9.55 Å². The van der Waals surface area contributed by atoms with Gasteiger partial charge in [0, 0.05) is 12.6 Å². The number of imidazole rings is 1. The van der Waals surface area contributed by atoms with E-state index in [-0.39, 0.29) is 6.71 Å². The summed E-state index contributed by atoms with van der Waals surface area (Å²) in [4.78, 5) is 5.04. The molecule has 1 heterocycles. The van der Waals surface area contributed by atoms with Crippen molar-refractivity contribution in [1.29, 1.82) is 0 Å². The van der Waals surface area contributed by atoms with Gasteiger partial charge in [0.1, 0.15) is 5.82 Å². The maximum atomic E-state index is 5.04. The number of benzene rings is 3. The van der Waals surface area contributed by atoms with E-state index in [0.29, 0.717) is 0 Å². The maximum Gasteiger partial charge on any atom is 0.242 e. The minimum atomic E-state index is 0.171. The van der Waals surface area contributed by atoms with Crippen LogP contribution in [0.2, 0.25) is 0 Å². The van der Waals surface area contributed by atoms with Crippen LogP contribution in [0.25, 0.3) is 23.5 Å². The van der Waals surface area contributed by atoms with Gasteiger partial charge in [0.25, 0.3) is 0 Å². The highest BCUT2D eigenvalue weighted by molar-refractivity contribution is 6.96. The number of rotatable bonds is 4. The molecule has 2 nitrogen and oxygen atoms in total. The molecule has 0 bridgehead atoms. The molecule has 0 radical (unpaired) electrons. The lowest BCUT2D eigenvalue weighted by molar-refractivity contribution is 0.882. The van der Waals surface area contributed by atoms with Crippen molar-refractivity contribution in [3.8, 4) is 11.4 Å². The zero-order valence-electron chi connectivity index (χ0n) is 22.2. The Morgan fingerprint density at radius 2 is 1.26 bits per heavy atom. The largest absolute Gasteiger partial charge is 0.327 e. The molecule has 3 aromatic carbocycles. The topological polar surface area (TPSA) is 17.8 Å². The second-order valence-corrected chi connectivity index (χ2v) is 10.4. The summed E-state index contributed by atoms with van der Waals surface area (Å²) >= 11 is 0. The third-order valence-electron chi connectivity index (χ3n) is 7.54. The van der Waals surface area contributed by atoms with Gasteiger partial charge in [-0.15, -0.1) is 0 Å². The molecule has 1 aliphatic carbocycles. The molecule has 0 N–H and O–H groups in total. The minimum absolute atomic E-state index is 0.171. The number of aryl methyl sites for hydroxylation is 6. The van der Waals surface area contributed by atoms with Gasteiger partial charge >= 0.3 is 0 Å². The summed E-state index contributed by atoms with van der Waals surface area (Å²) in [6, 6.07) is 18.4. The lowest BCUT2D eigenvalue weighted by atomic mass is 9.34. The molecule has 0 fully saturated rings. The number of hydrogen-bond acceptors (Lipinski definition) is 1. The quantitative estimate of drug-likeness (QED) is 0.426. The van der Waals surface area contributed by atoms with Crippen LogP contribution >= 0.6 is 0 Å². The van der Waals surface area contributed by atoms with Gasteiger partial charge in [-0.3, -0.25) is 0 Å². The Bertz CT molecular complexity index is 1470. The highest BCUT2D eigenvalue weighted by Gasteiger charge is 2.28. The average Bonchev–Trinajstić information content (AvgIpc) is 3.13. The van der Waals surface area contributed by atoms with Crippen LogP contribution in [0.3, 0.4) is 0 Å². The zero-order valence-corrected chi connectivity index (χ0v) is 22.2. The molecule has 176 valence electrons.